The highest BCUT2D eigenvalue weighted by atomic mass is 32.1. The van der Waals surface area contributed by atoms with E-state index in [1.165, 1.54) is 29.5 Å². The first kappa shape index (κ1) is 18.2. The maximum absolute atomic E-state index is 13.7. The van der Waals surface area contributed by atoms with Crippen molar-refractivity contribution in [1.29, 1.82) is 0 Å². The van der Waals surface area contributed by atoms with Gasteiger partial charge in [0.25, 0.3) is 5.91 Å². The fraction of sp³-hybridized carbons (Fsp3) is 0.200. The number of rotatable bonds is 4. The lowest BCUT2D eigenvalue weighted by Gasteiger charge is -2.18. The first-order valence-corrected chi connectivity index (χ1v) is 9.60. The second kappa shape index (κ2) is 7.47. The second-order valence-corrected chi connectivity index (χ2v) is 7.58. The molecule has 3 aromatic rings. The van der Waals surface area contributed by atoms with E-state index < -0.39 is 11.7 Å². The lowest BCUT2D eigenvalue weighted by molar-refractivity contribution is -0.117. The molecule has 2 heterocycles. The Morgan fingerprint density at radius 3 is 2.71 bits per heavy atom. The van der Waals surface area contributed by atoms with Gasteiger partial charge in [0.05, 0.1) is 5.56 Å². The molecule has 0 bridgehead atoms. The lowest BCUT2D eigenvalue weighted by atomic mass is 10.1. The van der Waals surface area contributed by atoms with Gasteiger partial charge in [0.15, 0.2) is 0 Å². The molecule has 2 amide bonds. The van der Waals surface area contributed by atoms with Crippen molar-refractivity contribution in [3.05, 3.63) is 70.5 Å². The van der Waals surface area contributed by atoms with Crippen LogP contribution >= 0.6 is 11.3 Å². The summed E-state index contributed by atoms with van der Waals surface area (Å²) in [6.45, 7) is 2.48. The molecule has 1 aliphatic heterocycles. The Kier molecular flexibility index (Phi) is 4.87. The molecule has 1 aliphatic rings. The van der Waals surface area contributed by atoms with Crippen LogP contribution < -0.4 is 10.2 Å². The van der Waals surface area contributed by atoms with Crippen molar-refractivity contribution in [2.24, 2.45) is 0 Å². The number of halogens is 1. The van der Waals surface area contributed by atoms with Gasteiger partial charge in [-0.15, -0.1) is 10.2 Å². The third-order valence-electron chi connectivity index (χ3n) is 4.66. The summed E-state index contributed by atoms with van der Waals surface area (Å²) in [7, 11) is 0. The number of carbonyl (C=O) groups excluding carboxylic acids is 2. The molecule has 1 fully saturated rings. The van der Waals surface area contributed by atoms with Gasteiger partial charge in [-0.3, -0.25) is 14.9 Å². The smallest absolute Gasteiger partial charge is 0.260 e. The molecule has 1 atom stereocenters. The molecular formula is C20H17FN4O2S. The number of anilines is 2. The van der Waals surface area contributed by atoms with Crippen LogP contribution in [-0.4, -0.2) is 28.6 Å². The van der Waals surface area contributed by atoms with Gasteiger partial charge in [-0.1, -0.05) is 41.7 Å². The number of nitrogens with zero attached hydrogens (tertiary/aromatic N) is 3. The molecule has 8 heteroatoms. The van der Waals surface area contributed by atoms with Crippen LogP contribution in [0.1, 0.15) is 33.3 Å². The van der Waals surface area contributed by atoms with Crippen molar-refractivity contribution in [2.75, 3.05) is 16.8 Å². The maximum atomic E-state index is 13.7. The summed E-state index contributed by atoms with van der Waals surface area (Å²) in [5.74, 6) is -1.24. The first-order chi connectivity index (χ1) is 13.5. The molecule has 0 aliphatic carbocycles. The number of carbonyl (C=O) groups is 2. The molecule has 0 saturated carbocycles. The molecule has 142 valence electrons. The molecule has 0 spiro atoms. The Bertz CT molecular complexity index is 1050. The predicted molar refractivity (Wildman–Crippen MR) is 105 cm³/mol. The topological polar surface area (TPSA) is 75.2 Å². The van der Waals surface area contributed by atoms with Crippen LogP contribution in [0, 0.1) is 12.7 Å². The highest BCUT2D eigenvalue weighted by Gasteiger charge is 2.34. The Labute approximate surface area is 165 Å². The zero-order chi connectivity index (χ0) is 19.7. The van der Waals surface area contributed by atoms with E-state index >= 15 is 0 Å². The molecule has 1 aromatic heterocycles. The lowest BCUT2D eigenvalue weighted by Crippen LogP contribution is -2.25. The summed E-state index contributed by atoms with van der Waals surface area (Å²) in [5.41, 5.74) is 1.88. The number of aromatic nitrogens is 2. The van der Waals surface area contributed by atoms with E-state index in [0.29, 0.717) is 18.0 Å². The van der Waals surface area contributed by atoms with Crippen LogP contribution in [0.15, 0.2) is 48.5 Å². The van der Waals surface area contributed by atoms with Crippen molar-refractivity contribution in [1.82, 2.24) is 10.2 Å². The molecule has 1 saturated heterocycles. The van der Waals surface area contributed by atoms with Crippen molar-refractivity contribution in [2.45, 2.75) is 19.3 Å². The molecule has 1 N–H and O–H groups in total. The van der Waals surface area contributed by atoms with Crippen LogP contribution in [-0.2, 0) is 4.79 Å². The van der Waals surface area contributed by atoms with Crippen LogP contribution in [0.2, 0.25) is 0 Å². The van der Waals surface area contributed by atoms with Crippen LogP contribution in [0.4, 0.5) is 15.2 Å². The minimum Gasteiger partial charge on any atom is -0.311 e. The molecular weight excluding hydrogens is 379 g/mol. The normalized spacial score (nSPS) is 16.4. The standard InChI is InChI=1S/C20H17FN4O2S/c1-12-6-2-5-9-16(12)25-11-13(10-17(25)26)19-23-24-20(28-19)22-18(27)14-7-3-4-8-15(14)21/h2-9,13H,10-11H2,1H3,(H,22,24,27)/t13-/m0/s1. The number of amides is 2. The summed E-state index contributed by atoms with van der Waals surface area (Å²) in [6.07, 6.45) is 0.338. The number of aryl methyl sites for hydroxylation is 1. The molecule has 0 radical (unpaired) electrons. The minimum atomic E-state index is -0.597. The van der Waals surface area contributed by atoms with Gasteiger partial charge in [-0.2, -0.15) is 0 Å². The van der Waals surface area contributed by atoms with Gasteiger partial charge in [0.2, 0.25) is 11.0 Å². The molecule has 4 rings (SSSR count). The number of benzene rings is 2. The largest absolute Gasteiger partial charge is 0.311 e. The fourth-order valence-corrected chi connectivity index (χ4v) is 4.06. The maximum Gasteiger partial charge on any atom is 0.260 e. The number of nitrogens with one attached hydrogen (secondary N) is 1. The monoisotopic (exact) mass is 396 g/mol. The van der Waals surface area contributed by atoms with Gasteiger partial charge in [-0.25, -0.2) is 4.39 Å². The Balaban J connectivity index is 1.48. The fourth-order valence-electron chi connectivity index (χ4n) is 3.23. The van der Waals surface area contributed by atoms with E-state index in [2.05, 4.69) is 15.5 Å². The second-order valence-electron chi connectivity index (χ2n) is 6.57. The zero-order valence-corrected chi connectivity index (χ0v) is 15.9. The predicted octanol–water partition coefficient (Wildman–Crippen LogP) is 3.76. The zero-order valence-electron chi connectivity index (χ0n) is 15.1. The SMILES string of the molecule is Cc1ccccc1N1C[C@@H](c2nnc(NC(=O)c3ccccc3F)s2)CC1=O. The summed E-state index contributed by atoms with van der Waals surface area (Å²) in [5, 5.41) is 11.6. The molecule has 6 nitrogen and oxygen atoms in total. The summed E-state index contributed by atoms with van der Waals surface area (Å²) in [6, 6.07) is 13.5. The van der Waals surface area contributed by atoms with E-state index in [9.17, 15) is 14.0 Å². The quantitative estimate of drug-likeness (QED) is 0.729. The summed E-state index contributed by atoms with van der Waals surface area (Å²) >= 11 is 1.21. The van der Waals surface area contributed by atoms with E-state index in [0.717, 1.165) is 11.3 Å². The molecule has 0 unspecified atom stereocenters. The van der Waals surface area contributed by atoms with Gasteiger partial charge in [0, 0.05) is 24.6 Å². The summed E-state index contributed by atoms with van der Waals surface area (Å²) < 4.78 is 13.7. The average Bonchev–Trinajstić information content (AvgIpc) is 3.29. The number of para-hydroxylation sites is 1. The van der Waals surface area contributed by atoms with E-state index in [1.807, 2.05) is 31.2 Å². The van der Waals surface area contributed by atoms with E-state index in [4.69, 9.17) is 0 Å². The third-order valence-corrected chi connectivity index (χ3v) is 5.66. The van der Waals surface area contributed by atoms with Crippen LogP contribution in [0.5, 0.6) is 0 Å². The third kappa shape index (κ3) is 3.50. The molecule has 2 aromatic carbocycles. The van der Waals surface area contributed by atoms with E-state index in [-0.39, 0.29) is 22.5 Å². The average molecular weight is 396 g/mol. The first-order valence-electron chi connectivity index (χ1n) is 8.78. The number of hydrogen-bond acceptors (Lipinski definition) is 5. The number of hydrogen-bond donors (Lipinski definition) is 1. The van der Waals surface area contributed by atoms with Gasteiger partial charge in [-0.05, 0) is 30.7 Å². The van der Waals surface area contributed by atoms with Crippen LogP contribution in [0.25, 0.3) is 0 Å². The van der Waals surface area contributed by atoms with Gasteiger partial charge in [0.1, 0.15) is 10.8 Å². The van der Waals surface area contributed by atoms with Crippen molar-refractivity contribution >= 4 is 34.0 Å². The van der Waals surface area contributed by atoms with Crippen molar-refractivity contribution in [3.8, 4) is 0 Å². The Hall–Kier alpha value is -3.13. The summed E-state index contributed by atoms with van der Waals surface area (Å²) in [4.78, 5) is 26.5. The van der Waals surface area contributed by atoms with Crippen molar-refractivity contribution < 1.29 is 14.0 Å². The van der Waals surface area contributed by atoms with Crippen LogP contribution in [0.3, 0.4) is 0 Å². The Morgan fingerprint density at radius 2 is 1.93 bits per heavy atom. The van der Waals surface area contributed by atoms with Gasteiger partial charge >= 0.3 is 0 Å². The highest BCUT2D eigenvalue weighted by Crippen LogP contribution is 2.35. The van der Waals surface area contributed by atoms with Crippen molar-refractivity contribution in [3.63, 3.8) is 0 Å². The highest BCUT2D eigenvalue weighted by molar-refractivity contribution is 7.15. The molecule has 28 heavy (non-hydrogen) atoms. The van der Waals surface area contributed by atoms with E-state index in [1.54, 1.807) is 11.0 Å². The Morgan fingerprint density at radius 1 is 1.18 bits per heavy atom. The minimum absolute atomic E-state index is 0.0337. The van der Waals surface area contributed by atoms with Gasteiger partial charge < -0.3 is 4.90 Å².